The lowest BCUT2D eigenvalue weighted by Crippen LogP contribution is -2.49. The van der Waals surface area contributed by atoms with Gasteiger partial charge in [0.1, 0.15) is 11.8 Å². The summed E-state index contributed by atoms with van der Waals surface area (Å²) >= 11 is 0. The monoisotopic (exact) mass is 480 g/mol. The summed E-state index contributed by atoms with van der Waals surface area (Å²) in [5.41, 5.74) is 2.66. The summed E-state index contributed by atoms with van der Waals surface area (Å²) in [5, 5.41) is 23.7. The molecule has 1 unspecified atom stereocenters. The number of nitrogens with zero attached hydrogens (tertiary/aromatic N) is 2. The van der Waals surface area contributed by atoms with Gasteiger partial charge in [0, 0.05) is 38.7 Å². The number of allylic oxidation sites excluding steroid dienone is 4. The highest BCUT2D eigenvalue weighted by molar-refractivity contribution is 5.92. The normalized spacial score (nSPS) is 25.0. The van der Waals surface area contributed by atoms with E-state index in [2.05, 4.69) is 35.2 Å². The third-order valence-corrected chi connectivity index (χ3v) is 8.08. The molecule has 0 bridgehead atoms. The zero-order chi connectivity index (χ0) is 25.3. The number of imidazole rings is 1. The van der Waals surface area contributed by atoms with E-state index in [4.69, 9.17) is 14.7 Å². The molecule has 1 saturated carbocycles. The van der Waals surface area contributed by atoms with Gasteiger partial charge < -0.3 is 24.9 Å². The maximum absolute atomic E-state index is 12.9. The van der Waals surface area contributed by atoms with Crippen molar-refractivity contribution in [2.24, 2.45) is 11.3 Å². The molecule has 35 heavy (non-hydrogen) atoms. The first-order valence-corrected chi connectivity index (χ1v) is 12.3. The third-order valence-electron chi connectivity index (χ3n) is 8.08. The van der Waals surface area contributed by atoms with E-state index in [1.807, 2.05) is 18.2 Å². The van der Waals surface area contributed by atoms with E-state index < -0.39 is 11.4 Å². The Balaban J connectivity index is 1.59. The highest BCUT2D eigenvalue weighted by atomic mass is 16.7. The van der Waals surface area contributed by atoms with Crippen molar-refractivity contribution in [1.29, 1.82) is 5.26 Å². The molecule has 0 aliphatic heterocycles. The Morgan fingerprint density at radius 1 is 1.23 bits per heavy atom. The van der Waals surface area contributed by atoms with E-state index in [1.54, 1.807) is 14.2 Å². The molecule has 3 aliphatic rings. The van der Waals surface area contributed by atoms with Gasteiger partial charge in [-0.1, -0.05) is 26.0 Å². The Morgan fingerprint density at radius 2 is 1.94 bits per heavy atom. The molecule has 0 spiro atoms. The standard InChI is InChI=1S/C27H36N4O4/c1-25(2)9-7-18(8-10-25)21-15-19(26(33)11-13-27(34-3,35-4)14-12-26)5-6-22(21)31-24(32)23-29-17-20(16-28)30-23/h5-7,17,19,33H,8-15H2,1-4H3,(H,29,30)(H,31,32). The lowest BCUT2D eigenvalue weighted by atomic mass is 9.68. The van der Waals surface area contributed by atoms with Gasteiger partial charge >= 0.3 is 0 Å². The van der Waals surface area contributed by atoms with Crippen LogP contribution in [0.25, 0.3) is 0 Å². The number of ether oxygens (including phenoxy) is 2. The molecule has 1 heterocycles. The van der Waals surface area contributed by atoms with Crippen molar-refractivity contribution < 1.29 is 19.4 Å². The van der Waals surface area contributed by atoms with Crippen LogP contribution < -0.4 is 5.32 Å². The van der Waals surface area contributed by atoms with E-state index in [1.165, 1.54) is 11.8 Å². The number of methoxy groups -OCH3 is 2. The topological polar surface area (TPSA) is 120 Å². The summed E-state index contributed by atoms with van der Waals surface area (Å²) in [4.78, 5) is 19.6. The molecule has 1 aromatic heterocycles. The highest BCUT2D eigenvalue weighted by Crippen LogP contribution is 2.47. The number of nitriles is 1. The average Bonchev–Trinajstić information content (AvgIpc) is 3.35. The molecule has 8 nitrogen and oxygen atoms in total. The van der Waals surface area contributed by atoms with Crippen molar-refractivity contribution in [2.45, 2.75) is 76.6 Å². The molecule has 0 saturated heterocycles. The van der Waals surface area contributed by atoms with Crippen LogP contribution in [0.4, 0.5) is 0 Å². The second-order valence-electron chi connectivity index (χ2n) is 10.8. The minimum Gasteiger partial charge on any atom is -0.389 e. The number of rotatable bonds is 6. The number of carbonyl (C=O) groups excluding carboxylic acids is 1. The number of aromatic amines is 1. The maximum Gasteiger partial charge on any atom is 0.291 e. The summed E-state index contributed by atoms with van der Waals surface area (Å²) in [6.45, 7) is 4.54. The average molecular weight is 481 g/mol. The molecular formula is C27H36N4O4. The predicted molar refractivity (Wildman–Crippen MR) is 131 cm³/mol. The van der Waals surface area contributed by atoms with Crippen molar-refractivity contribution in [3.8, 4) is 6.07 Å². The minimum absolute atomic E-state index is 0.0745. The molecule has 188 valence electrons. The Morgan fingerprint density at radius 3 is 2.51 bits per heavy atom. The Kier molecular flexibility index (Phi) is 7.05. The van der Waals surface area contributed by atoms with Crippen LogP contribution in [0.15, 0.2) is 41.3 Å². The Hall–Kier alpha value is -2.73. The molecule has 1 atom stereocenters. The van der Waals surface area contributed by atoms with E-state index >= 15 is 0 Å². The lowest BCUT2D eigenvalue weighted by molar-refractivity contribution is -0.245. The Bertz CT molecular complexity index is 1090. The summed E-state index contributed by atoms with van der Waals surface area (Å²) in [6, 6.07) is 1.96. The fourth-order valence-corrected chi connectivity index (χ4v) is 5.45. The zero-order valence-corrected chi connectivity index (χ0v) is 21.1. The number of nitrogens with one attached hydrogen (secondary N) is 2. The SMILES string of the molecule is COC1(OC)CCC(O)(C2C=CC(NC(=O)c3ncc(C#N)[nH]3)=C(C3=CCC(C)(C)CC3)C2)CC1. The van der Waals surface area contributed by atoms with Crippen molar-refractivity contribution in [3.63, 3.8) is 0 Å². The van der Waals surface area contributed by atoms with Crippen LogP contribution in [0.1, 0.15) is 81.5 Å². The van der Waals surface area contributed by atoms with Crippen molar-refractivity contribution in [2.75, 3.05) is 14.2 Å². The molecule has 3 N–H and O–H groups in total. The summed E-state index contributed by atoms with van der Waals surface area (Å²) in [7, 11) is 3.31. The largest absolute Gasteiger partial charge is 0.389 e. The Labute approximate surface area is 207 Å². The van der Waals surface area contributed by atoms with Crippen LogP contribution in [-0.2, 0) is 9.47 Å². The first-order chi connectivity index (χ1) is 16.6. The van der Waals surface area contributed by atoms with E-state index in [0.29, 0.717) is 32.1 Å². The molecule has 1 aromatic rings. The van der Waals surface area contributed by atoms with Crippen LogP contribution >= 0.6 is 0 Å². The van der Waals surface area contributed by atoms with Gasteiger partial charge in [-0.15, -0.1) is 0 Å². The van der Waals surface area contributed by atoms with Gasteiger partial charge in [0.2, 0.25) is 0 Å². The predicted octanol–water partition coefficient (Wildman–Crippen LogP) is 4.27. The first kappa shape index (κ1) is 25.4. The van der Waals surface area contributed by atoms with Gasteiger partial charge in [0.25, 0.3) is 5.91 Å². The summed E-state index contributed by atoms with van der Waals surface area (Å²) in [5.74, 6) is -0.996. The molecule has 0 aromatic carbocycles. The van der Waals surface area contributed by atoms with E-state index in [-0.39, 0.29) is 28.8 Å². The molecule has 3 aliphatic carbocycles. The van der Waals surface area contributed by atoms with Crippen molar-refractivity contribution in [1.82, 2.24) is 15.3 Å². The van der Waals surface area contributed by atoms with Crippen LogP contribution in [0.5, 0.6) is 0 Å². The van der Waals surface area contributed by atoms with Crippen LogP contribution in [0.2, 0.25) is 0 Å². The van der Waals surface area contributed by atoms with E-state index in [0.717, 1.165) is 30.5 Å². The molecule has 4 rings (SSSR count). The number of amides is 1. The van der Waals surface area contributed by atoms with Crippen molar-refractivity contribution >= 4 is 5.91 Å². The van der Waals surface area contributed by atoms with Gasteiger partial charge in [0.05, 0.1) is 11.8 Å². The fraction of sp³-hybridized carbons (Fsp3) is 0.593. The highest BCUT2D eigenvalue weighted by Gasteiger charge is 2.46. The number of aromatic nitrogens is 2. The number of aliphatic hydroxyl groups is 1. The van der Waals surface area contributed by atoms with E-state index in [9.17, 15) is 9.90 Å². The van der Waals surface area contributed by atoms with Crippen LogP contribution in [0, 0.1) is 22.7 Å². The van der Waals surface area contributed by atoms with Gasteiger partial charge in [-0.25, -0.2) is 4.98 Å². The number of hydrogen-bond acceptors (Lipinski definition) is 6. The zero-order valence-electron chi connectivity index (χ0n) is 21.1. The minimum atomic E-state index is -0.866. The smallest absolute Gasteiger partial charge is 0.291 e. The fourth-order valence-electron chi connectivity index (χ4n) is 5.45. The molecular weight excluding hydrogens is 444 g/mol. The first-order valence-electron chi connectivity index (χ1n) is 12.3. The third kappa shape index (κ3) is 5.27. The molecule has 0 radical (unpaired) electrons. The molecule has 8 heteroatoms. The van der Waals surface area contributed by atoms with Crippen molar-refractivity contribution in [3.05, 3.63) is 52.8 Å². The summed E-state index contributed by atoms with van der Waals surface area (Å²) in [6.07, 6.45) is 13.6. The number of carbonyl (C=O) groups is 1. The van der Waals surface area contributed by atoms with Gasteiger partial charge in [-0.3, -0.25) is 4.79 Å². The number of hydrogen-bond donors (Lipinski definition) is 3. The quantitative estimate of drug-likeness (QED) is 0.523. The molecule has 1 fully saturated rings. The van der Waals surface area contributed by atoms with Crippen LogP contribution in [0.3, 0.4) is 0 Å². The van der Waals surface area contributed by atoms with Crippen LogP contribution in [-0.4, -0.2) is 46.6 Å². The number of H-pyrrole nitrogens is 1. The summed E-state index contributed by atoms with van der Waals surface area (Å²) < 4.78 is 11.2. The lowest BCUT2D eigenvalue weighted by Gasteiger charge is -2.46. The molecule has 1 amide bonds. The second-order valence-corrected chi connectivity index (χ2v) is 10.8. The second kappa shape index (κ2) is 9.73. The van der Waals surface area contributed by atoms with Gasteiger partial charge in [0.15, 0.2) is 11.6 Å². The van der Waals surface area contributed by atoms with Gasteiger partial charge in [-0.05, 0) is 61.2 Å². The van der Waals surface area contributed by atoms with Gasteiger partial charge in [-0.2, -0.15) is 5.26 Å². The maximum atomic E-state index is 12.9.